The fraction of sp³-hybridized carbons (Fsp3) is 0.429. The van der Waals surface area contributed by atoms with E-state index in [4.69, 9.17) is 5.11 Å². The Bertz CT molecular complexity index is 538. The summed E-state index contributed by atoms with van der Waals surface area (Å²) in [7, 11) is 0. The number of nitrogens with one attached hydrogen (secondary N) is 2. The number of nitrogens with zero attached hydrogens (tertiary/aromatic N) is 1. The van der Waals surface area contributed by atoms with E-state index in [-0.39, 0.29) is 12.2 Å². The molecule has 0 fully saturated rings. The molecule has 114 valence electrons. The molecule has 1 rings (SSSR count). The first-order valence-corrected chi connectivity index (χ1v) is 6.47. The molecule has 1 aromatic rings. The summed E-state index contributed by atoms with van der Waals surface area (Å²) in [6.07, 6.45) is 1.67. The van der Waals surface area contributed by atoms with Crippen LogP contribution in [0.1, 0.15) is 44.0 Å². The van der Waals surface area contributed by atoms with Crippen LogP contribution in [0, 0.1) is 0 Å². The Hall–Kier alpha value is -2.44. The highest BCUT2D eigenvalue weighted by atomic mass is 16.4. The number of ketones is 1. The molecule has 0 aliphatic carbocycles. The molecule has 7 nitrogen and oxygen atoms in total. The predicted octanol–water partition coefficient (Wildman–Crippen LogP) is 2.05. The summed E-state index contributed by atoms with van der Waals surface area (Å²) in [6.45, 7) is 4.91. The number of carboxylic acid groups (broad SMARTS) is 1. The fourth-order valence-corrected chi connectivity index (χ4v) is 1.61. The number of carbonyl (C=O) groups is 3. The van der Waals surface area contributed by atoms with Crippen LogP contribution in [0.4, 0.5) is 10.6 Å². The maximum atomic E-state index is 11.8. The van der Waals surface area contributed by atoms with Gasteiger partial charge in [-0.25, -0.2) is 9.78 Å². The predicted molar refractivity (Wildman–Crippen MR) is 77.3 cm³/mol. The number of amides is 2. The van der Waals surface area contributed by atoms with Gasteiger partial charge in [0.1, 0.15) is 5.82 Å². The third-order valence-corrected chi connectivity index (χ3v) is 2.83. The molecule has 2 amide bonds. The van der Waals surface area contributed by atoms with E-state index in [9.17, 15) is 14.4 Å². The van der Waals surface area contributed by atoms with E-state index in [0.29, 0.717) is 17.8 Å². The summed E-state index contributed by atoms with van der Waals surface area (Å²) in [4.78, 5) is 37.4. The molecule has 1 heterocycles. The number of carbonyl (C=O) groups excluding carboxylic acids is 2. The van der Waals surface area contributed by atoms with Crippen LogP contribution in [0.5, 0.6) is 0 Å². The largest absolute Gasteiger partial charge is 0.481 e. The van der Waals surface area contributed by atoms with E-state index in [0.717, 1.165) is 0 Å². The zero-order chi connectivity index (χ0) is 16.0. The summed E-state index contributed by atoms with van der Waals surface area (Å²) in [6, 6.07) is 2.62. The molecule has 7 heteroatoms. The molecule has 0 aliphatic heterocycles. The van der Waals surface area contributed by atoms with Gasteiger partial charge in [-0.3, -0.25) is 14.9 Å². The van der Waals surface area contributed by atoms with E-state index in [1.165, 1.54) is 19.2 Å². The summed E-state index contributed by atoms with van der Waals surface area (Å²) >= 11 is 0. The highest BCUT2D eigenvalue weighted by Crippen LogP contribution is 2.12. The standard InChI is InChI=1S/C14H19N3O4/c1-9(18)10-4-5-11(15-8-10)16-13(21)17-14(2,3)7-6-12(19)20/h4-5,8H,6-7H2,1-3H3,(H,19,20)(H2,15,16,17,21). The van der Waals surface area contributed by atoms with Gasteiger partial charge in [-0.2, -0.15) is 0 Å². The van der Waals surface area contributed by atoms with Crippen molar-refractivity contribution in [2.45, 2.75) is 39.2 Å². The van der Waals surface area contributed by atoms with Crippen LogP contribution in [0.3, 0.4) is 0 Å². The third-order valence-electron chi connectivity index (χ3n) is 2.83. The molecule has 0 saturated heterocycles. The highest BCUT2D eigenvalue weighted by Gasteiger charge is 2.21. The maximum Gasteiger partial charge on any atom is 0.320 e. The van der Waals surface area contributed by atoms with Crippen LogP contribution in [-0.4, -0.2) is 33.4 Å². The Labute approximate surface area is 122 Å². The number of hydrogen-bond acceptors (Lipinski definition) is 4. The Kier molecular flexibility index (Phi) is 5.40. The number of urea groups is 1. The van der Waals surface area contributed by atoms with Crippen LogP contribution in [-0.2, 0) is 4.79 Å². The molecule has 0 atom stereocenters. The van der Waals surface area contributed by atoms with Crippen molar-refractivity contribution >= 4 is 23.6 Å². The zero-order valence-electron chi connectivity index (χ0n) is 12.3. The molecule has 0 spiro atoms. The van der Waals surface area contributed by atoms with E-state index in [1.807, 2.05) is 0 Å². The first kappa shape index (κ1) is 16.6. The van der Waals surface area contributed by atoms with Crippen molar-refractivity contribution < 1.29 is 19.5 Å². The van der Waals surface area contributed by atoms with Crippen LogP contribution < -0.4 is 10.6 Å². The zero-order valence-corrected chi connectivity index (χ0v) is 12.3. The topological polar surface area (TPSA) is 108 Å². The molecule has 0 saturated carbocycles. The lowest BCUT2D eigenvalue weighted by atomic mass is 9.99. The van der Waals surface area contributed by atoms with Gasteiger partial charge in [0.25, 0.3) is 0 Å². The van der Waals surface area contributed by atoms with Gasteiger partial charge in [0.15, 0.2) is 5.78 Å². The minimum atomic E-state index is -0.910. The number of carboxylic acids is 1. The quantitative estimate of drug-likeness (QED) is 0.695. The van der Waals surface area contributed by atoms with Crippen molar-refractivity contribution in [1.29, 1.82) is 0 Å². The summed E-state index contributed by atoms with van der Waals surface area (Å²) in [5.41, 5.74) is -0.190. The van der Waals surface area contributed by atoms with Gasteiger partial charge in [0, 0.05) is 23.7 Å². The SMILES string of the molecule is CC(=O)c1ccc(NC(=O)NC(C)(C)CCC(=O)O)nc1. The van der Waals surface area contributed by atoms with E-state index >= 15 is 0 Å². The van der Waals surface area contributed by atoms with Crippen molar-refractivity contribution in [3.8, 4) is 0 Å². The second kappa shape index (κ2) is 6.83. The molecule has 21 heavy (non-hydrogen) atoms. The normalized spacial score (nSPS) is 10.8. The molecule has 3 N–H and O–H groups in total. The Morgan fingerprint density at radius 1 is 1.29 bits per heavy atom. The number of pyridine rings is 1. The van der Waals surface area contributed by atoms with E-state index in [1.54, 1.807) is 19.9 Å². The number of hydrogen-bond donors (Lipinski definition) is 3. The number of aromatic nitrogens is 1. The average Bonchev–Trinajstić information content (AvgIpc) is 2.36. The van der Waals surface area contributed by atoms with Crippen LogP contribution in [0.15, 0.2) is 18.3 Å². The Morgan fingerprint density at radius 2 is 1.95 bits per heavy atom. The van der Waals surface area contributed by atoms with Crippen molar-refractivity contribution in [3.05, 3.63) is 23.9 Å². The van der Waals surface area contributed by atoms with Crippen molar-refractivity contribution in [3.63, 3.8) is 0 Å². The average molecular weight is 293 g/mol. The molecular weight excluding hydrogens is 274 g/mol. The van der Waals surface area contributed by atoms with Gasteiger partial charge in [-0.15, -0.1) is 0 Å². The monoisotopic (exact) mass is 293 g/mol. The summed E-state index contributed by atoms with van der Waals surface area (Å²) in [5, 5.41) is 13.9. The number of anilines is 1. The van der Waals surface area contributed by atoms with Crippen LogP contribution in [0.2, 0.25) is 0 Å². The Morgan fingerprint density at radius 3 is 2.43 bits per heavy atom. The minimum absolute atomic E-state index is 0.0289. The fourth-order valence-electron chi connectivity index (χ4n) is 1.61. The highest BCUT2D eigenvalue weighted by molar-refractivity contribution is 5.94. The first-order chi connectivity index (χ1) is 9.69. The lowest BCUT2D eigenvalue weighted by molar-refractivity contribution is -0.137. The molecule has 0 radical (unpaired) electrons. The number of aliphatic carboxylic acids is 1. The lowest BCUT2D eigenvalue weighted by Crippen LogP contribution is -2.45. The molecule has 0 bridgehead atoms. The third kappa shape index (κ3) is 6.03. The Balaban J connectivity index is 2.56. The molecule has 0 aromatic carbocycles. The summed E-state index contributed by atoms with van der Waals surface area (Å²) < 4.78 is 0. The van der Waals surface area contributed by atoms with Gasteiger partial charge < -0.3 is 10.4 Å². The van der Waals surface area contributed by atoms with Crippen molar-refractivity contribution in [1.82, 2.24) is 10.3 Å². The van der Waals surface area contributed by atoms with Crippen molar-refractivity contribution in [2.24, 2.45) is 0 Å². The maximum absolute atomic E-state index is 11.8. The van der Waals surface area contributed by atoms with Crippen LogP contribution >= 0.6 is 0 Å². The second-order valence-electron chi connectivity index (χ2n) is 5.35. The molecule has 0 unspecified atom stereocenters. The van der Waals surface area contributed by atoms with Gasteiger partial charge in [-0.05, 0) is 39.3 Å². The smallest absolute Gasteiger partial charge is 0.320 e. The minimum Gasteiger partial charge on any atom is -0.481 e. The van der Waals surface area contributed by atoms with E-state index < -0.39 is 17.5 Å². The van der Waals surface area contributed by atoms with Gasteiger partial charge >= 0.3 is 12.0 Å². The second-order valence-corrected chi connectivity index (χ2v) is 5.35. The lowest BCUT2D eigenvalue weighted by Gasteiger charge is -2.25. The molecule has 0 aliphatic rings. The van der Waals surface area contributed by atoms with Gasteiger partial charge in [0.2, 0.25) is 0 Å². The van der Waals surface area contributed by atoms with E-state index in [2.05, 4.69) is 15.6 Å². The first-order valence-electron chi connectivity index (χ1n) is 6.47. The number of rotatable bonds is 6. The van der Waals surface area contributed by atoms with Gasteiger partial charge in [-0.1, -0.05) is 0 Å². The molecule has 1 aromatic heterocycles. The molecular formula is C14H19N3O4. The summed E-state index contributed by atoms with van der Waals surface area (Å²) in [5.74, 6) is -0.702. The number of Topliss-reactive ketones (excluding diaryl/α,β-unsaturated/α-hetero) is 1. The van der Waals surface area contributed by atoms with Crippen LogP contribution in [0.25, 0.3) is 0 Å². The van der Waals surface area contributed by atoms with Gasteiger partial charge in [0.05, 0.1) is 0 Å². The van der Waals surface area contributed by atoms with Crippen molar-refractivity contribution in [2.75, 3.05) is 5.32 Å².